The fourth-order valence-corrected chi connectivity index (χ4v) is 5.88. The fraction of sp³-hybridized carbons (Fsp3) is 0.290. The van der Waals surface area contributed by atoms with Gasteiger partial charge in [0, 0.05) is 61.4 Å². The Labute approximate surface area is 224 Å². The molecule has 1 N–H and O–H groups in total. The molecule has 2 saturated heterocycles. The highest BCUT2D eigenvalue weighted by molar-refractivity contribution is 6.02. The third-order valence-electron chi connectivity index (χ3n) is 7.70. The topological polar surface area (TPSA) is 63.4 Å². The zero-order valence-electron chi connectivity index (χ0n) is 21.5. The van der Waals surface area contributed by atoms with Crippen LogP contribution < -0.4 is 4.90 Å². The number of rotatable bonds is 5. The van der Waals surface area contributed by atoms with E-state index in [-0.39, 0.29) is 22.7 Å². The lowest BCUT2D eigenvalue weighted by atomic mass is 9.92. The average Bonchev–Trinajstić information content (AvgIpc) is 3.30. The van der Waals surface area contributed by atoms with Crippen molar-refractivity contribution in [1.29, 1.82) is 5.26 Å². The molecule has 0 radical (unpaired) electrons. The first-order chi connectivity index (χ1) is 18.8. The van der Waals surface area contributed by atoms with Crippen molar-refractivity contribution < 1.29 is 18.3 Å². The molecule has 5 nitrogen and oxygen atoms in total. The van der Waals surface area contributed by atoms with Gasteiger partial charge in [0.25, 0.3) is 0 Å². The molecule has 0 spiro atoms. The van der Waals surface area contributed by atoms with E-state index in [1.54, 1.807) is 18.3 Å². The lowest BCUT2D eigenvalue weighted by molar-refractivity contribution is 0.229. The number of fused-ring (bicyclic) bond motifs is 1. The Morgan fingerprint density at radius 2 is 1.79 bits per heavy atom. The van der Waals surface area contributed by atoms with Gasteiger partial charge in [-0.25, -0.2) is 13.2 Å². The van der Waals surface area contributed by atoms with E-state index in [1.807, 2.05) is 25.1 Å². The highest BCUT2D eigenvalue weighted by Gasteiger charge is 2.33. The fourth-order valence-electron chi connectivity index (χ4n) is 5.88. The maximum Gasteiger partial charge on any atom is 0.141 e. The Balaban J connectivity index is 1.46. The molecule has 3 heterocycles. The summed E-state index contributed by atoms with van der Waals surface area (Å²) in [5.74, 6) is -0.876. The predicted molar refractivity (Wildman–Crippen MR) is 145 cm³/mol. The maximum atomic E-state index is 14.5. The van der Waals surface area contributed by atoms with Gasteiger partial charge in [0.15, 0.2) is 0 Å². The number of anilines is 1. The van der Waals surface area contributed by atoms with E-state index in [0.717, 1.165) is 54.4 Å². The zero-order chi connectivity index (χ0) is 27.3. The smallest absolute Gasteiger partial charge is 0.141 e. The summed E-state index contributed by atoms with van der Waals surface area (Å²) in [4.78, 5) is 9.05. The molecule has 198 valence electrons. The molecule has 0 aliphatic carbocycles. The molecular formula is C31H27F3N4O. The van der Waals surface area contributed by atoms with Crippen LogP contribution in [0.5, 0.6) is 5.75 Å². The van der Waals surface area contributed by atoms with E-state index in [1.165, 1.54) is 18.2 Å². The van der Waals surface area contributed by atoms with E-state index in [9.17, 15) is 23.5 Å². The predicted octanol–water partition coefficient (Wildman–Crippen LogP) is 6.21. The molecule has 2 aliphatic rings. The molecule has 1 aromatic heterocycles. The highest BCUT2D eigenvalue weighted by atomic mass is 19.1. The van der Waals surface area contributed by atoms with Gasteiger partial charge in [0.05, 0.1) is 16.8 Å². The van der Waals surface area contributed by atoms with Crippen molar-refractivity contribution in [2.24, 2.45) is 5.92 Å². The van der Waals surface area contributed by atoms with Crippen molar-refractivity contribution in [3.8, 4) is 34.1 Å². The standard InChI is InChI=1S/C31H27F3N4O/c1-18-6-21(8-24(33)7-18)28-13-36-29-3-2-20(26-11-25(34)9-22(12-35)31(26)39)10-27(29)30(28)38-15-19(16-38)14-37-5-4-23(32)17-37/h2-3,6-11,13,19,23,39H,4-5,14-17H2,1H3/t23-/m0/s1. The summed E-state index contributed by atoms with van der Waals surface area (Å²) >= 11 is 0. The van der Waals surface area contributed by atoms with Gasteiger partial charge in [-0.15, -0.1) is 0 Å². The summed E-state index contributed by atoms with van der Waals surface area (Å²) < 4.78 is 42.5. The van der Waals surface area contributed by atoms with Crippen LogP contribution in [0.25, 0.3) is 33.2 Å². The number of aryl methyl sites for hydroxylation is 1. The number of alkyl halides is 1. The van der Waals surface area contributed by atoms with Gasteiger partial charge >= 0.3 is 0 Å². The number of benzene rings is 3. The van der Waals surface area contributed by atoms with Gasteiger partial charge in [-0.05, 0) is 66.4 Å². The van der Waals surface area contributed by atoms with Crippen LogP contribution in [0.3, 0.4) is 0 Å². The number of aromatic hydroxyl groups is 1. The molecule has 0 saturated carbocycles. The van der Waals surface area contributed by atoms with Crippen molar-refractivity contribution in [1.82, 2.24) is 9.88 Å². The maximum absolute atomic E-state index is 14.5. The largest absolute Gasteiger partial charge is 0.506 e. The molecule has 0 unspecified atom stereocenters. The number of phenols is 1. The zero-order valence-corrected chi connectivity index (χ0v) is 21.5. The Hall–Kier alpha value is -4.09. The molecule has 4 aromatic rings. The minimum atomic E-state index is -0.757. The quantitative estimate of drug-likeness (QED) is 0.334. The first-order valence-electron chi connectivity index (χ1n) is 13.0. The van der Waals surface area contributed by atoms with Crippen molar-refractivity contribution in [3.05, 3.63) is 77.5 Å². The van der Waals surface area contributed by atoms with E-state index >= 15 is 0 Å². The Morgan fingerprint density at radius 3 is 2.51 bits per heavy atom. The van der Waals surface area contributed by atoms with E-state index in [2.05, 4.69) is 14.8 Å². The molecule has 0 bridgehead atoms. The van der Waals surface area contributed by atoms with Crippen molar-refractivity contribution in [3.63, 3.8) is 0 Å². The normalized spacial score (nSPS) is 17.9. The number of hydrogen-bond acceptors (Lipinski definition) is 5. The second-order valence-corrected chi connectivity index (χ2v) is 10.6. The molecule has 3 aromatic carbocycles. The lowest BCUT2D eigenvalue weighted by Gasteiger charge is -2.44. The Bertz CT molecular complexity index is 1610. The number of pyridine rings is 1. The minimum absolute atomic E-state index is 0.143. The first-order valence-corrected chi connectivity index (χ1v) is 13.0. The molecule has 8 heteroatoms. The molecule has 2 fully saturated rings. The summed E-state index contributed by atoms with van der Waals surface area (Å²) in [6.45, 7) is 5.42. The van der Waals surface area contributed by atoms with Gasteiger partial charge in [0.2, 0.25) is 0 Å². The third-order valence-corrected chi connectivity index (χ3v) is 7.70. The highest BCUT2D eigenvalue weighted by Crippen LogP contribution is 2.43. The molecular weight excluding hydrogens is 501 g/mol. The Morgan fingerprint density at radius 1 is 1.00 bits per heavy atom. The van der Waals surface area contributed by atoms with Gasteiger partial charge in [-0.2, -0.15) is 5.26 Å². The molecule has 2 aliphatic heterocycles. The van der Waals surface area contributed by atoms with Crippen LogP contribution in [0.4, 0.5) is 18.9 Å². The van der Waals surface area contributed by atoms with Crippen LogP contribution >= 0.6 is 0 Å². The SMILES string of the molecule is Cc1cc(F)cc(-c2cnc3ccc(-c4cc(F)cc(C#N)c4O)cc3c2N2CC(CN3CC[C@H](F)C3)C2)c1. The van der Waals surface area contributed by atoms with Crippen molar-refractivity contribution >= 4 is 16.6 Å². The lowest BCUT2D eigenvalue weighted by Crippen LogP contribution is -2.51. The number of likely N-dealkylation sites (tertiary alicyclic amines) is 1. The van der Waals surface area contributed by atoms with Crippen LogP contribution in [-0.2, 0) is 0 Å². The number of hydrogen-bond donors (Lipinski definition) is 1. The molecule has 6 rings (SSSR count). The monoisotopic (exact) mass is 528 g/mol. The van der Waals surface area contributed by atoms with Gasteiger partial charge in [-0.3, -0.25) is 9.88 Å². The van der Waals surface area contributed by atoms with Crippen molar-refractivity contribution in [2.75, 3.05) is 37.6 Å². The number of nitriles is 1. The number of halogens is 3. The van der Waals surface area contributed by atoms with Gasteiger partial charge in [0.1, 0.15) is 29.6 Å². The number of aromatic nitrogens is 1. The van der Waals surface area contributed by atoms with Crippen LogP contribution in [0, 0.1) is 35.8 Å². The minimum Gasteiger partial charge on any atom is -0.506 e. The van der Waals surface area contributed by atoms with E-state index in [0.29, 0.717) is 35.5 Å². The average molecular weight is 529 g/mol. The third kappa shape index (κ3) is 4.79. The van der Waals surface area contributed by atoms with Gasteiger partial charge in [-0.1, -0.05) is 12.1 Å². The van der Waals surface area contributed by atoms with Crippen LogP contribution in [0.15, 0.2) is 54.7 Å². The summed E-state index contributed by atoms with van der Waals surface area (Å²) in [6.07, 6.45) is 1.57. The number of nitrogens with zero attached hydrogens (tertiary/aromatic N) is 4. The molecule has 39 heavy (non-hydrogen) atoms. The molecule has 1 atom stereocenters. The van der Waals surface area contributed by atoms with Crippen molar-refractivity contribution in [2.45, 2.75) is 19.5 Å². The summed E-state index contributed by atoms with van der Waals surface area (Å²) in [6, 6.07) is 14.3. The summed E-state index contributed by atoms with van der Waals surface area (Å²) in [7, 11) is 0. The van der Waals surface area contributed by atoms with Gasteiger partial charge < -0.3 is 10.0 Å². The second kappa shape index (κ2) is 9.90. The summed E-state index contributed by atoms with van der Waals surface area (Å²) in [5.41, 5.74) is 4.44. The van der Waals surface area contributed by atoms with E-state index < -0.39 is 12.0 Å². The van der Waals surface area contributed by atoms with E-state index in [4.69, 9.17) is 0 Å². The first kappa shape index (κ1) is 25.2. The molecule has 0 amide bonds. The van der Waals surface area contributed by atoms with Crippen LogP contribution in [0.2, 0.25) is 0 Å². The second-order valence-electron chi connectivity index (χ2n) is 10.6. The Kier molecular flexibility index (Phi) is 6.40. The number of phenolic OH excluding ortho intramolecular Hbond substituents is 1. The van der Waals surface area contributed by atoms with Crippen LogP contribution in [0.1, 0.15) is 17.5 Å². The summed E-state index contributed by atoms with van der Waals surface area (Å²) in [5, 5.41) is 20.8. The van der Waals surface area contributed by atoms with Crippen LogP contribution in [-0.4, -0.2) is 53.9 Å².